The third kappa shape index (κ3) is 2810. The Morgan fingerprint density at radius 2 is 1.33 bits per heavy atom. The van der Waals surface area contributed by atoms with E-state index in [0.717, 1.165) is 0 Å². The predicted molar refractivity (Wildman–Crippen MR) is 11.4 cm³/mol. The van der Waals surface area contributed by atoms with Crippen LogP contribution in [-0.2, 0) is 20.4 Å². The van der Waals surface area contributed by atoms with Gasteiger partial charge in [-0.3, -0.25) is 0 Å². The van der Waals surface area contributed by atoms with Crippen LogP contribution in [0, 0.1) is 0 Å². The minimum absolute atomic E-state index is 0. The van der Waals surface area contributed by atoms with Gasteiger partial charge in [-0.15, -0.1) is 0 Å². The normalized spacial score (nSPS) is 4.00. The van der Waals surface area contributed by atoms with Gasteiger partial charge in [0.05, 0.1) is 0 Å². The Kier molecular flexibility index (Phi) is 24.9. The van der Waals surface area contributed by atoms with Crippen LogP contribution in [0.15, 0.2) is 0 Å². The van der Waals surface area contributed by atoms with Crippen molar-refractivity contribution in [1.29, 1.82) is 0 Å². The van der Waals surface area contributed by atoms with E-state index in [0.29, 0.717) is 0 Å². The molecule has 5 heteroatoms. The molecule has 6 heavy (non-hydrogen) atoms. The standard InChI is InChI=1S/CH2O3.H3N.Re/c2-1(3)4;;/h(H2,2,3,4);1H3;/p-1. The Morgan fingerprint density at radius 1 is 1.33 bits per heavy atom. The smallest absolute Gasteiger partial charge is 0 e. The predicted octanol–water partition coefficient (Wildman–Crippen LogP) is -2.07. The van der Waals surface area contributed by atoms with Gasteiger partial charge < -0.3 is 21.2 Å². The van der Waals surface area contributed by atoms with Crippen LogP contribution < -0.4 is 16.4 Å². The van der Waals surface area contributed by atoms with Crippen LogP contribution in [0.5, 0.6) is 0 Å². The zero-order valence-electron chi connectivity index (χ0n) is 3.10. The van der Waals surface area contributed by atoms with E-state index in [2.05, 4.69) is 0 Å². The van der Waals surface area contributed by atoms with Crippen molar-refractivity contribution in [3.8, 4) is 0 Å². The second-order valence-corrected chi connectivity index (χ2v) is 0.250. The molecule has 0 aromatic rings. The van der Waals surface area contributed by atoms with E-state index in [1.54, 1.807) is 0 Å². The molecule has 4 N–H and O–H groups in total. The van der Waals surface area contributed by atoms with Crippen molar-refractivity contribution in [2.45, 2.75) is 0 Å². The molecule has 0 saturated heterocycles. The molecule has 0 aromatic carbocycles. The number of carbonyl (C=O) groups is 1. The fourth-order valence-corrected chi connectivity index (χ4v) is 0. The summed E-state index contributed by atoms with van der Waals surface area (Å²) in [5.41, 5.74) is 0. The van der Waals surface area contributed by atoms with Gasteiger partial charge in [0, 0.05) is 20.4 Å². The van der Waals surface area contributed by atoms with Gasteiger partial charge in [0.25, 0.3) is 0 Å². The van der Waals surface area contributed by atoms with Crippen LogP contribution in [0.2, 0.25) is 0 Å². The van der Waals surface area contributed by atoms with E-state index in [1.807, 2.05) is 0 Å². The van der Waals surface area contributed by atoms with Crippen molar-refractivity contribution < 1.29 is 35.4 Å². The summed E-state index contributed by atoms with van der Waals surface area (Å²) in [6, 6.07) is 0. The fraction of sp³-hybridized carbons (Fsp3) is 0. The maximum Gasteiger partial charge on any atom is 0 e. The van der Waals surface area contributed by atoms with Crippen molar-refractivity contribution >= 4 is 6.16 Å². The molecule has 0 aliphatic carbocycles. The van der Waals surface area contributed by atoms with E-state index in [9.17, 15) is 0 Å². The van der Waals surface area contributed by atoms with Gasteiger partial charge in [0.15, 0.2) is 0 Å². The second kappa shape index (κ2) is 8.86. The van der Waals surface area contributed by atoms with Gasteiger partial charge in [-0.1, -0.05) is 0 Å². The van der Waals surface area contributed by atoms with E-state index in [1.165, 1.54) is 0 Å². The first-order valence-electron chi connectivity index (χ1n) is 0.612. The maximum absolute atomic E-state index is 8.33. The molecule has 1 radical (unpaired) electrons. The van der Waals surface area contributed by atoms with E-state index >= 15 is 0 Å². The summed E-state index contributed by atoms with van der Waals surface area (Å²) in [6.45, 7) is 0. The topological polar surface area (TPSA) is 99.7 Å². The molecular formula is CH4NO3Re-. The summed E-state index contributed by atoms with van der Waals surface area (Å²) in [5, 5.41) is 16.7. The van der Waals surface area contributed by atoms with Crippen LogP contribution in [0.25, 0.3) is 0 Å². The third-order valence-corrected chi connectivity index (χ3v) is 0. The molecule has 0 heterocycles. The minimum Gasteiger partial charge on any atom is -0.652 e. The van der Waals surface area contributed by atoms with Crippen molar-refractivity contribution in [2.75, 3.05) is 0 Å². The number of hydrogen-bond acceptors (Lipinski definition) is 3. The van der Waals surface area contributed by atoms with Crippen LogP contribution in [-0.4, -0.2) is 6.16 Å². The Morgan fingerprint density at radius 3 is 1.33 bits per heavy atom. The monoisotopic (exact) mass is 265 g/mol. The minimum atomic E-state index is -2.33. The number of hydrogen-bond donors (Lipinski definition) is 1. The molecule has 0 fully saturated rings. The van der Waals surface area contributed by atoms with Crippen molar-refractivity contribution in [2.24, 2.45) is 0 Å². The first-order valence-corrected chi connectivity index (χ1v) is 0.612. The first kappa shape index (κ1) is 16.9. The zero-order valence-corrected chi connectivity index (χ0v) is 5.82. The third-order valence-electron chi connectivity index (χ3n) is 0. The van der Waals surface area contributed by atoms with Crippen molar-refractivity contribution in [1.82, 2.24) is 6.15 Å². The van der Waals surface area contributed by atoms with Crippen molar-refractivity contribution in [3.63, 3.8) is 0 Å². The van der Waals surface area contributed by atoms with E-state index < -0.39 is 6.16 Å². The number of quaternary nitrogens is 1. The van der Waals surface area contributed by atoms with E-state index in [-0.39, 0.29) is 26.6 Å². The summed E-state index contributed by atoms with van der Waals surface area (Å²) in [7, 11) is 0. The number of rotatable bonds is 0. The van der Waals surface area contributed by atoms with Crippen LogP contribution in [0.3, 0.4) is 0 Å². The molecule has 0 spiro atoms. The summed E-state index contributed by atoms with van der Waals surface area (Å²) in [5.74, 6) is 0. The second-order valence-electron chi connectivity index (χ2n) is 0.250. The first-order chi connectivity index (χ1) is 1.73. The molecular weight excluding hydrogens is 260 g/mol. The average Bonchev–Trinajstić information content (AvgIpc) is 0.811. The Balaban J connectivity index is -0.0000000450. The Bertz CT molecular complexity index is 33.8. The maximum atomic E-state index is 8.33. The van der Waals surface area contributed by atoms with Crippen LogP contribution >= 0.6 is 0 Å². The molecule has 39 valence electrons. The molecule has 4 nitrogen and oxygen atoms in total. The molecule has 0 atom stereocenters. The van der Waals surface area contributed by atoms with Gasteiger partial charge in [0.2, 0.25) is 0 Å². The number of carboxylic acid groups (broad SMARTS) is 2. The van der Waals surface area contributed by atoms with Gasteiger partial charge in [-0.25, -0.2) is 0 Å². The Labute approximate surface area is 48.4 Å². The Hall–Kier alpha value is -0.108. The molecule has 0 aliphatic heterocycles. The molecule has 0 unspecified atom stereocenters. The van der Waals surface area contributed by atoms with Gasteiger partial charge in [-0.2, -0.15) is 0 Å². The summed E-state index contributed by atoms with van der Waals surface area (Å²) in [6.07, 6.45) is -2.33. The van der Waals surface area contributed by atoms with E-state index in [4.69, 9.17) is 15.0 Å². The van der Waals surface area contributed by atoms with Crippen LogP contribution in [0.1, 0.15) is 0 Å². The molecule has 0 saturated carbocycles. The quantitative estimate of drug-likeness (QED) is 0.543. The molecule has 0 aliphatic rings. The van der Waals surface area contributed by atoms with Gasteiger partial charge >= 0.3 is 0 Å². The summed E-state index contributed by atoms with van der Waals surface area (Å²) >= 11 is 0. The summed E-state index contributed by atoms with van der Waals surface area (Å²) in [4.78, 5) is 8.33. The zero-order chi connectivity index (χ0) is 3.58. The molecule has 0 amide bonds. The fourth-order valence-electron chi connectivity index (χ4n) is 0. The van der Waals surface area contributed by atoms with Gasteiger partial charge in [0.1, 0.15) is 0 Å². The molecule has 0 bridgehead atoms. The van der Waals surface area contributed by atoms with Crippen molar-refractivity contribution in [3.05, 3.63) is 0 Å². The SMILES string of the molecule is O=C([O-])[O-].[NH4+].[Re]. The van der Waals surface area contributed by atoms with Crippen LogP contribution in [0.4, 0.5) is 4.79 Å². The molecule has 0 aromatic heterocycles. The van der Waals surface area contributed by atoms with Gasteiger partial charge in [-0.05, 0) is 6.16 Å². The average molecular weight is 264 g/mol. The largest absolute Gasteiger partial charge is 0.652 e. The number of carbonyl (C=O) groups excluding carboxylic acids is 1. The molecule has 0 rings (SSSR count). The summed E-state index contributed by atoms with van der Waals surface area (Å²) < 4.78 is 0.